The first-order chi connectivity index (χ1) is 13.6. The van der Waals surface area contributed by atoms with Crippen LogP contribution < -0.4 is 0 Å². The summed E-state index contributed by atoms with van der Waals surface area (Å²) >= 11 is 0. The molecule has 1 saturated heterocycles. The summed E-state index contributed by atoms with van der Waals surface area (Å²) in [6.45, 7) is 7.30. The largest absolute Gasteiger partial charge is 0.461 e. The number of morpholine rings is 1. The summed E-state index contributed by atoms with van der Waals surface area (Å²) in [5.74, 6) is -0.715. The van der Waals surface area contributed by atoms with E-state index in [0.29, 0.717) is 11.3 Å². The van der Waals surface area contributed by atoms with Gasteiger partial charge >= 0.3 is 11.9 Å². The Morgan fingerprint density at radius 3 is 2.50 bits per heavy atom. The van der Waals surface area contributed by atoms with Crippen molar-refractivity contribution in [3.8, 4) is 11.1 Å². The van der Waals surface area contributed by atoms with Gasteiger partial charge in [0.2, 0.25) is 0 Å². The van der Waals surface area contributed by atoms with Gasteiger partial charge in [0.05, 0.1) is 25.4 Å². The first-order valence-corrected chi connectivity index (χ1v) is 9.27. The van der Waals surface area contributed by atoms with Gasteiger partial charge in [0.25, 0.3) is 0 Å². The predicted molar refractivity (Wildman–Crippen MR) is 99.5 cm³/mol. The number of hydrogen-bond acceptors (Lipinski definition) is 8. The third-order valence-corrected chi connectivity index (χ3v) is 4.39. The van der Waals surface area contributed by atoms with E-state index in [1.54, 1.807) is 6.92 Å². The zero-order valence-electron chi connectivity index (χ0n) is 16.1. The Morgan fingerprint density at radius 2 is 1.86 bits per heavy atom. The smallest absolute Gasteiger partial charge is 0.361 e. The number of hydrogen-bond donors (Lipinski definition) is 0. The van der Waals surface area contributed by atoms with Crippen LogP contribution in [0, 0.1) is 0 Å². The third-order valence-electron chi connectivity index (χ3n) is 4.39. The number of esters is 2. The van der Waals surface area contributed by atoms with Crippen LogP contribution in [-0.4, -0.2) is 54.9 Å². The van der Waals surface area contributed by atoms with Crippen molar-refractivity contribution < 1.29 is 28.3 Å². The molecular formula is C20H24N2O6. The molecule has 0 saturated carbocycles. The van der Waals surface area contributed by atoms with Crippen LogP contribution >= 0.6 is 0 Å². The highest BCUT2D eigenvalue weighted by atomic mass is 16.6. The van der Waals surface area contributed by atoms with Crippen LogP contribution in [0.5, 0.6) is 0 Å². The molecule has 28 heavy (non-hydrogen) atoms. The summed E-state index contributed by atoms with van der Waals surface area (Å²) in [5.41, 5.74) is 2.46. The fraction of sp³-hybridized carbons (Fsp3) is 0.450. The summed E-state index contributed by atoms with van der Waals surface area (Å²) in [5, 5.41) is 3.84. The molecule has 8 heteroatoms. The van der Waals surface area contributed by atoms with Gasteiger partial charge in [-0.15, -0.1) is 0 Å². The molecule has 0 bridgehead atoms. The van der Waals surface area contributed by atoms with E-state index in [-0.39, 0.29) is 18.9 Å². The van der Waals surface area contributed by atoms with Gasteiger partial charge in [-0.3, -0.25) is 9.69 Å². The highest BCUT2D eigenvalue weighted by molar-refractivity contribution is 5.95. The molecule has 2 heterocycles. The summed E-state index contributed by atoms with van der Waals surface area (Å²) in [6.07, 6.45) is 0. The molecule has 2 aromatic rings. The van der Waals surface area contributed by atoms with E-state index >= 15 is 0 Å². The van der Waals surface area contributed by atoms with Crippen LogP contribution in [0.1, 0.15) is 35.7 Å². The number of rotatable bonds is 7. The normalized spacial score (nSPS) is 14.6. The molecule has 0 aliphatic carbocycles. The molecule has 0 radical (unpaired) electrons. The van der Waals surface area contributed by atoms with E-state index in [2.05, 4.69) is 10.1 Å². The lowest BCUT2D eigenvalue weighted by Crippen LogP contribution is -2.35. The highest BCUT2D eigenvalue weighted by Crippen LogP contribution is 2.29. The average Bonchev–Trinajstić information content (AvgIpc) is 3.12. The monoisotopic (exact) mass is 388 g/mol. The Labute approximate surface area is 163 Å². The van der Waals surface area contributed by atoms with Crippen molar-refractivity contribution in [1.29, 1.82) is 0 Å². The fourth-order valence-electron chi connectivity index (χ4n) is 3.02. The predicted octanol–water partition coefficient (Wildman–Crippen LogP) is 2.41. The van der Waals surface area contributed by atoms with Crippen LogP contribution in [0.4, 0.5) is 0 Å². The second-order valence-electron chi connectivity index (χ2n) is 6.42. The van der Waals surface area contributed by atoms with Crippen molar-refractivity contribution in [2.24, 2.45) is 0 Å². The fourth-order valence-corrected chi connectivity index (χ4v) is 3.02. The molecule has 8 nitrogen and oxygen atoms in total. The number of aromatic nitrogens is 1. The molecule has 0 amide bonds. The molecule has 0 unspecified atom stereocenters. The van der Waals surface area contributed by atoms with Crippen molar-refractivity contribution >= 4 is 11.9 Å². The number of carbonyl (C=O) groups is 2. The Morgan fingerprint density at radius 1 is 1.14 bits per heavy atom. The second-order valence-corrected chi connectivity index (χ2v) is 6.42. The Hall–Kier alpha value is -2.71. The van der Waals surface area contributed by atoms with Crippen LogP contribution in [0.25, 0.3) is 11.1 Å². The minimum absolute atomic E-state index is 0.0740. The molecule has 1 aromatic carbocycles. The van der Waals surface area contributed by atoms with Crippen molar-refractivity contribution in [1.82, 2.24) is 10.1 Å². The maximum absolute atomic E-state index is 12.2. The molecule has 0 spiro atoms. The van der Waals surface area contributed by atoms with Gasteiger partial charge in [0, 0.05) is 26.6 Å². The van der Waals surface area contributed by atoms with E-state index in [0.717, 1.165) is 44.0 Å². The maximum Gasteiger partial charge on any atom is 0.361 e. The van der Waals surface area contributed by atoms with Gasteiger partial charge < -0.3 is 18.7 Å². The van der Waals surface area contributed by atoms with Gasteiger partial charge in [-0.1, -0.05) is 29.4 Å². The van der Waals surface area contributed by atoms with E-state index in [1.165, 1.54) is 6.92 Å². The lowest BCUT2D eigenvalue weighted by Gasteiger charge is -2.26. The first kappa shape index (κ1) is 20.0. The van der Waals surface area contributed by atoms with Gasteiger partial charge in [-0.2, -0.15) is 0 Å². The Balaban J connectivity index is 1.84. The van der Waals surface area contributed by atoms with E-state index in [9.17, 15) is 9.59 Å². The van der Waals surface area contributed by atoms with Gasteiger partial charge in [-0.25, -0.2) is 4.79 Å². The molecule has 3 rings (SSSR count). The van der Waals surface area contributed by atoms with Gasteiger partial charge in [0.1, 0.15) is 0 Å². The number of benzene rings is 1. The minimum Gasteiger partial charge on any atom is -0.461 e. The highest BCUT2D eigenvalue weighted by Gasteiger charge is 2.25. The molecule has 1 aliphatic rings. The maximum atomic E-state index is 12.2. The molecule has 1 aromatic heterocycles. The quantitative estimate of drug-likeness (QED) is 0.668. The SMILES string of the molecule is CCOC(=O)c1noc(COC(C)=O)c1-c1ccc(CN2CCOCC2)cc1. The summed E-state index contributed by atoms with van der Waals surface area (Å²) in [4.78, 5) is 25.7. The van der Waals surface area contributed by atoms with Gasteiger partial charge in [-0.05, 0) is 18.1 Å². The molecule has 1 aliphatic heterocycles. The zero-order valence-corrected chi connectivity index (χ0v) is 16.1. The minimum atomic E-state index is -0.576. The molecule has 1 fully saturated rings. The van der Waals surface area contributed by atoms with Crippen molar-refractivity contribution in [2.75, 3.05) is 32.9 Å². The van der Waals surface area contributed by atoms with Gasteiger partial charge in [0.15, 0.2) is 18.1 Å². The zero-order chi connectivity index (χ0) is 19.9. The summed E-state index contributed by atoms with van der Waals surface area (Å²) < 4.78 is 20.7. The number of ether oxygens (including phenoxy) is 3. The van der Waals surface area contributed by atoms with Crippen LogP contribution in [0.15, 0.2) is 28.8 Å². The van der Waals surface area contributed by atoms with E-state index in [1.807, 2.05) is 24.3 Å². The Bertz CT molecular complexity index is 809. The molecule has 150 valence electrons. The van der Waals surface area contributed by atoms with E-state index in [4.69, 9.17) is 18.7 Å². The number of carbonyl (C=O) groups excluding carboxylic acids is 2. The average molecular weight is 388 g/mol. The van der Waals surface area contributed by atoms with E-state index < -0.39 is 11.9 Å². The Kier molecular flexibility index (Phi) is 6.78. The molecule has 0 atom stereocenters. The van der Waals surface area contributed by atoms with Crippen LogP contribution in [0.3, 0.4) is 0 Å². The first-order valence-electron chi connectivity index (χ1n) is 9.27. The summed E-state index contributed by atoms with van der Waals surface area (Å²) in [7, 11) is 0. The lowest BCUT2D eigenvalue weighted by molar-refractivity contribution is -0.142. The van der Waals surface area contributed by atoms with Crippen LogP contribution in [0.2, 0.25) is 0 Å². The van der Waals surface area contributed by atoms with Crippen molar-refractivity contribution in [2.45, 2.75) is 27.0 Å². The lowest BCUT2D eigenvalue weighted by atomic mass is 10.0. The second kappa shape index (κ2) is 9.48. The molecular weight excluding hydrogens is 364 g/mol. The topological polar surface area (TPSA) is 91.1 Å². The standard InChI is InChI=1S/C20H24N2O6/c1-3-26-20(24)19-18(17(28-21-19)13-27-14(2)23)16-6-4-15(5-7-16)12-22-8-10-25-11-9-22/h4-7H,3,8-13H2,1-2H3. The summed E-state index contributed by atoms with van der Waals surface area (Å²) in [6, 6.07) is 7.81. The van der Waals surface area contributed by atoms with Crippen molar-refractivity contribution in [3.63, 3.8) is 0 Å². The molecule has 0 N–H and O–H groups in total. The van der Waals surface area contributed by atoms with Crippen LogP contribution in [-0.2, 0) is 32.2 Å². The third kappa shape index (κ3) is 4.96. The number of nitrogens with zero attached hydrogens (tertiary/aromatic N) is 2. The van der Waals surface area contributed by atoms with Crippen molar-refractivity contribution in [3.05, 3.63) is 41.3 Å².